The van der Waals surface area contributed by atoms with E-state index in [9.17, 15) is 5.11 Å². The maximum absolute atomic E-state index is 11.2. The van der Waals surface area contributed by atoms with Crippen molar-refractivity contribution in [2.75, 3.05) is 0 Å². The van der Waals surface area contributed by atoms with Gasteiger partial charge in [-0.1, -0.05) is 41.5 Å². The summed E-state index contributed by atoms with van der Waals surface area (Å²) in [6, 6.07) is 0.957. The molecule has 3 N–H and O–H groups in total. The van der Waals surface area contributed by atoms with Crippen molar-refractivity contribution in [3.8, 4) is 0 Å². The first-order valence-electron chi connectivity index (χ1n) is 10.1. The molecule has 0 radical (unpaired) electrons. The van der Waals surface area contributed by atoms with Gasteiger partial charge in [0, 0.05) is 17.5 Å². The first-order valence-corrected chi connectivity index (χ1v) is 10.5. The molecule has 146 valence electrons. The molecule has 3 rings (SSSR count). The molecule has 0 aromatic carbocycles. The summed E-state index contributed by atoms with van der Waals surface area (Å²) in [6.45, 7) is 13.8. The first kappa shape index (κ1) is 19.9. The molecule has 7 atom stereocenters. The summed E-state index contributed by atoms with van der Waals surface area (Å²) in [5.74, 6) is 0.916. The SMILES string of the molecule is CC(C)(C)C1CC(N2NC3CCC(Cl)CC3N2)C(O)C(C(C)(C)C)C1. The van der Waals surface area contributed by atoms with E-state index in [0.717, 1.165) is 32.1 Å². The van der Waals surface area contributed by atoms with Crippen LogP contribution < -0.4 is 10.9 Å². The van der Waals surface area contributed by atoms with Gasteiger partial charge in [0.2, 0.25) is 0 Å². The van der Waals surface area contributed by atoms with Gasteiger partial charge < -0.3 is 5.11 Å². The first-order chi connectivity index (χ1) is 11.5. The molecule has 1 heterocycles. The van der Waals surface area contributed by atoms with Crippen LogP contribution in [-0.2, 0) is 0 Å². The van der Waals surface area contributed by atoms with E-state index in [2.05, 4.69) is 57.5 Å². The van der Waals surface area contributed by atoms with Crippen LogP contribution in [0.2, 0.25) is 0 Å². The summed E-state index contributed by atoms with van der Waals surface area (Å²) >= 11 is 6.38. The quantitative estimate of drug-likeness (QED) is 0.615. The molecule has 1 saturated heterocycles. The molecule has 0 spiro atoms. The normalized spacial score (nSPS) is 43.9. The highest BCUT2D eigenvalue weighted by Gasteiger charge is 2.49. The third-order valence-electron chi connectivity index (χ3n) is 6.94. The van der Waals surface area contributed by atoms with Gasteiger partial charge in [0.05, 0.1) is 12.1 Å². The highest BCUT2D eigenvalue weighted by molar-refractivity contribution is 6.20. The largest absolute Gasteiger partial charge is 0.391 e. The van der Waals surface area contributed by atoms with E-state index in [0.29, 0.717) is 23.9 Å². The number of rotatable bonds is 1. The highest BCUT2D eigenvalue weighted by Crippen LogP contribution is 2.47. The second-order valence-corrected chi connectivity index (χ2v) is 11.4. The minimum absolute atomic E-state index is 0.106. The van der Waals surface area contributed by atoms with Crippen LogP contribution >= 0.6 is 11.6 Å². The van der Waals surface area contributed by atoms with Crippen LogP contribution in [0.25, 0.3) is 0 Å². The maximum atomic E-state index is 11.2. The van der Waals surface area contributed by atoms with Crippen LogP contribution in [0.1, 0.15) is 73.6 Å². The lowest BCUT2D eigenvalue weighted by atomic mass is 9.60. The Bertz CT molecular complexity index is 473. The molecular formula is C20H38ClN3O. The number of hydrogen-bond donors (Lipinski definition) is 3. The third-order valence-corrected chi connectivity index (χ3v) is 7.33. The van der Waals surface area contributed by atoms with Crippen LogP contribution in [0.15, 0.2) is 0 Å². The van der Waals surface area contributed by atoms with Crippen LogP contribution in [0.5, 0.6) is 0 Å². The molecule has 0 amide bonds. The van der Waals surface area contributed by atoms with E-state index in [1.807, 2.05) is 0 Å². The number of aliphatic hydroxyl groups excluding tert-OH is 1. The Hall–Kier alpha value is 0.130. The standard InChI is InChI=1S/C20H38ClN3O/c1-19(2,3)12-9-14(20(4,5)6)18(25)17(10-12)24-22-15-8-7-13(21)11-16(15)23-24/h12-18,22-23,25H,7-11H2,1-6H3. The minimum atomic E-state index is -0.314. The van der Waals surface area contributed by atoms with E-state index in [-0.39, 0.29) is 28.4 Å². The van der Waals surface area contributed by atoms with Gasteiger partial charge in [0.1, 0.15) is 0 Å². The van der Waals surface area contributed by atoms with E-state index >= 15 is 0 Å². The van der Waals surface area contributed by atoms with Crippen LogP contribution in [0, 0.1) is 22.7 Å². The maximum Gasteiger partial charge on any atom is 0.0757 e. The van der Waals surface area contributed by atoms with E-state index in [1.54, 1.807) is 0 Å². The molecule has 2 aliphatic carbocycles. The fourth-order valence-electron chi connectivity index (χ4n) is 5.07. The number of aliphatic hydroxyl groups is 1. The number of nitrogens with one attached hydrogen (secondary N) is 2. The van der Waals surface area contributed by atoms with Crippen molar-refractivity contribution in [3.05, 3.63) is 0 Å². The number of fused-ring (bicyclic) bond motifs is 1. The molecule has 5 heteroatoms. The lowest BCUT2D eigenvalue weighted by Gasteiger charge is -2.50. The lowest BCUT2D eigenvalue weighted by molar-refractivity contribution is -0.105. The highest BCUT2D eigenvalue weighted by atomic mass is 35.5. The van der Waals surface area contributed by atoms with Gasteiger partial charge in [0.25, 0.3) is 0 Å². The average Bonchev–Trinajstić information content (AvgIpc) is 2.87. The van der Waals surface area contributed by atoms with Gasteiger partial charge in [0.15, 0.2) is 0 Å². The Morgan fingerprint density at radius 2 is 1.52 bits per heavy atom. The smallest absolute Gasteiger partial charge is 0.0757 e. The number of hydrazine groups is 2. The Kier molecular flexibility index (Phi) is 5.52. The third kappa shape index (κ3) is 4.19. The average molecular weight is 372 g/mol. The zero-order chi connectivity index (χ0) is 18.6. The van der Waals surface area contributed by atoms with Crippen molar-refractivity contribution >= 4 is 11.6 Å². The number of alkyl halides is 1. The number of hydrogen-bond acceptors (Lipinski definition) is 4. The van der Waals surface area contributed by atoms with Gasteiger partial charge in [-0.2, -0.15) is 5.12 Å². The fraction of sp³-hybridized carbons (Fsp3) is 1.00. The van der Waals surface area contributed by atoms with Gasteiger partial charge >= 0.3 is 0 Å². The fourth-order valence-corrected chi connectivity index (χ4v) is 5.39. The predicted octanol–water partition coefficient (Wildman–Crippen LogP) is 3.69. The number of nitrogens with zero attached hydrogens (tertiary/aromatic N) is 1. The molecule has 7 unspecified atom stereocenters. The van der Waals surface area contributed by atoms with Crippen molar-refractivity contribution in [2.45, 2.75) is 103 Å². The molecule has 0 aromatic rings. The summed E-state index contributed by atoms with van der Waals surface area (Å²) in [5, 5.41) is 13.7. The minimum Gasteiger partial charge on any atom is -0.391 e. The summed E-state index contributed by atoms with van der Waals surface area (Å²) in [4.78, 5) is 0. The molecular weight excluding hydrogens is 334 g/mol. The number of halogens is 1. The van der Waals surface area contributed by atoms with Gasteiger partial charge in [-0.15, -0.1) is 11.6 Å². The van der Waals surface area contributed by atoms with Gasteiger partial charge in [-0.3, -0.25) is 0 Å². The van der Waals surface area contributed by atoms with Crippen LogP contribution in [0.4, 0.5) is 0 Å². The summed E-state index contributed by atoms with van der Waals surface area (Å²) in [7, 11) is 0. The summed E-state index contributed by atoms with van der Waals surface area (Å²) in [6.07, 6.45) is 5.01. The van der Waals surface area contributed by atoms with Crippen molar-refractivity contribution in [1.29, 1.82) is 0 Å². The Labute approximate surface area is 159 Å². The Balaban J connectivity index is 1.79. The molecule has 0 bridgehead atoms. The van der Waals surface area contributed by atoms with E-state index in [1.165, 1.54) is 0 Å². The van der Waals surface area contributed by atoms with E-state index in [4.69, 9.17) is 11.6 Å². The zero-order valence-corrected chi connectivity index (χ0v) is 17.6. The van der Waals surface area contributed by atoms with Gasteiger partial charge in [-0.25, -0.2) is 10.9 Å². The molecule has 3 fully saturated rings. The molecule has 3 aliphatic rings. The van der Waals surface area contributed by atoms with Crippen molar-refractivity contribution in [1.82, 2.24) is 16.0 Å². The predicted molar refractivity (Wildman–Crippen MR) is 104 cm³/mol. The lowest BCUT2D eigenvalue weighted by Crippen LogP contribution is -2.60. The molecule has 4 nitrogen and oxygen atoms in total. The monoisotopic (exact) mass is 371 g/mol. The van der Waals surface area contributed by atoms with Crippen LogP contribution in [0.3, 0.4) is 0 Å². The second-order valence-electron chi connectivity index (χ2n) is 10.8. The molecule has 2 saturated carbocycles. The molecule has 1 aliphatic heterocycles. The van der Waals surface area contributed by atoms with Gasteiger partial charge in [-0.05, 0) is 54.8 Å². The zero-order valence-electron chi connectivity index (χ0n) is 16.8. The topological polar surface area (TPSA) is 47.5 Å². The van der Waals surface area contributed by atoms with Crippen molar-refractivity contribution in [2.24, 2.45) is 22.7 Å². The van der Waals surface area contributed by atoms with Crippen LogP contribution in [-0.4, -0.2) is 39.8 Å². The summed E-state index contributed by atoms with van der Waals surface area (Å²) in [5.41, 5.74) is 7.67. The van der Waals surface area contributed by atoms with Crippen molar-refractivity contribution < 1.29 is 5.11 Å². The Morgan fingerprint density at radius 1 is 0.880 bits per heavy atom. The van der Waals surface area contributed by atoms with E-state index < -0.39 is 0 Å². The Morgan fingerprint density at radius 3 is 2.12 bits per heavy atom. The van der Waals surface area contributed by atoms with Crippen molar-refractivity contribution in [3.63, 3.8) is 0 Å². The second kappa shape index (κ2) is 6.94. The molecule has 0 aromatic heterocycles. The molecule has 25 heavy (non-hydrogen) atoms. The summed E-state index contributed by atoms with van der Waals surface area (Å²) < 4.78 is 0.